The number of hydrazone groups is 1. The number of carbonyl (C=O) groups excluding carboxylic acids is 2. The molecule has 0 bridgehead atoms. The lowest BCUT2D eigenvalue weighted by atomic mass is 10.1. The highest BCUT2D eigenvalue weighted by Gasteiger charge is 2.22. The first kappa shape index (κ1) is 16.8. The maximum atomic E-state index is 13.2. The largest absolute Gasteiger partial charge is 0.305 e. The molecule has 0 atom stereocenters. The zero-order valence-electron chi connectivity index (χ0n) is 13.7. The molecule has 128 valence electrons. The summed E-state index contributed by atoms with van der Waals surface area (Å²) in [5.41, 5.74) is 2.06. The number of hydrogen-bond acceptors (Lipinski definition) is 4. The fraction of sp³-hybridized carbons (Fsp3) is 0.222. The third kappa shape index (κ3) is 4.26. The molecule has 1 aliphatic rings. The number of anilines is 1. The van der Waals surface area contributed by atoms with Crippen LogP contribution in [-0.4, -0.2) is 34.6 Å². The van der Waals surface area contributed by atoms with Crippen molar-refractivity contribution in [1.82, 2.24) is 9.99 Å². The van der Waals surface area contributed by atoms with Gasteiger partial charge in [0.15, 0.2) is 0 Å². The van der Waals surface area contributed by atoms with Crippen LogP contribution in [-0.2, 0) is 16.0 Å². The van der Waals surface area contributed by atoms with Crippen molar-refractivity contribution in [1.29, 1.82) is 0 Å². The van der Waals surface area contributed by atoms with Crippen LogP contribution in [0.3, 0.4) is 0 Å². The number of nitrogens with zero attached hydrogens (tertiary/aromatic N) is 3. The van der Waals surface area contributed by atoms with Crippen LogP contribution < -0.4 is 5.32 Å². The van der Waals surface area contributed by atoms with Crippen molar-refractivity contribution in [3.05, 3.63) is 59.5 Å². The Bertz CT molecular complexity index is 833. The minimum atomic E-state index is -0.371. The Hall–Kier alpha value is -3.09. The molecule has 1 N–H and O–H groups in total. The normalized spacial score (nSPS) is 14.2. The Morgan fingerprint density at radius 1 is 1.24 bits per heavy atom. The molecule has 1 aliphatic heterocycles. The Kier molecular flexibility index (Phi) is 4.83. The molecule has 0 saturated heterocycles. The van der Waals surface area contributed by atoms with Gasteiger partial charge in [0.2, 0.25) is 5.91 Å². The fourth-order valence-corrected chi connectivity index (χ4v) is 2.51. The molecule has 2 heterocycles. The number of hydrogen-bond donors (Lipinski definition) is 1. The Balaban J connectivity index is 1.63. The van der Waals surface area contributed by atoms with Gasteiger partial charge >= 0.3 is 0 Å². The zero-order chi connectivity index (χ0) is 17.8. The van der Waals surface area contributed by atoms with Crippen LogP contribution in [0, 0.1) is 5.82 Å². The number of benzene rings is 1. The molecule has 3 rings (SSSR count). The van der Waals surface area contributed by atoms with Crippen LogP contribution >= 0.6 is 0 Å². The van der Waals surface area contributed by atoms with E-state index in [1.54, 1.807) is 18.3 Å². The van der Waals surface area contributed by atoms with Gasteiger partial charge in [0.25, 0.3) is 5.91 Å². The van der Waals surface area contributed by atoms with Crippen molar-refractivity contribution in [2.24, 2.45) is 5.10 Å². The molecular weight excluding hydrogens is 323 g/mol. The molecule has 0 fully saturated rings. The van der Waals surface area contributed by atoms with Crippen LogP contribution in [0.4, 0.5) is 10.2 Å². The number of aromatic nitrogens is 1. The Morgan fingerprint density at radius 3 is 2.76 bits per heavy atom. The maximum Gasteiger partial charge on any atom is 0.273 e. The molecule has 0 aliphatic carbocycles. The van der Waals surface area contributed by atoms with E-state index < -0.39 is 0 Å². The first-order valence-corrected chi connectivity index (χ1v) is 7.86. The number of pyridine rings is 1. The van der Waals surface area contributed by atoms with E-state index in [4.69, 9.17) is 0 Å². The van der Waals surface area contributed by atoms with Crippen molar-refractivity contribution in [3.8, 4) is 0 Å². The molecule has 25 heavy (non-hydrogen) atoms. The van der Waals surface area contributed by atoms with Crippen molar-refractivity contribution >= 4 is 23.3 Å². The molecule has 7 heteroatoms. The van der Waals surface area contributed by atoms with Gasteiger partial charge in [-0.1, -0.05) is 18.2 Å². The van der Waals surface area contributed by atoms with E-state index in [2.05, 4.69) is 15.4 Å². The molecule has 2 aromatic rings. The third-order valence-electron chi connectivity index (χ3n) is 3.83. The maximum absolute atomic E-state index is 13.2. The predicted octanol–water partition coefficient (Wildman–Crippen LogP) is 2.36. The zero-order valence-corrected chi connectivity index (χ0v) is 13.7. The van der Waals surface area contributed by atoms with Gasteiger partial charge < -0.3 is 5.32 Å². The second kappa shape index (κ2) is 7.21. The number of halogens is 1. The van der Waals surface area contributed by atoms with Crippen LogP contribution in [0.1, 0.15) is 24.0 Å². The van der Waals surface area contributed by atoms with Gasteiger partial charge in [0.1, 0.15) is 17.3 Å². The van der Waals surface area contributed by atoms with E-state index in [0.717, 1.165) is 11.1 Å². The molecule has 1 aromatic heterocycles. The van der Waals surface area contributed by atoms with Crippen LogP contribution in [0.2, 0.25) is 0 Å². The van der Waals surface area contributed by atoms with Crippen molar-refractivity contribution in [2.75, 3.05) is 12.4 Å². The van der Waals surface area contributed by atoms with Gasteiger partial charge in [-0.25, -0.2) is 14.4 Å². The molecule has 0 unspecified atom stereocenters. The second-order valence-electron chi connectivity index (χ2n) is 5.78. The smallest absolute Gasteiger partial charge is 0.273 e. The summed E-state index contributed by atoms with van der Waals surface area (Å²) in [6, 6.07) is 9.90. The van der Waals surface area contributed by atoms with E-state index in [1.165, 1.54) is 24.2 Å². The minimum Gasteiger partial charge on any atom is -0.305 e. The van der Waals surface area contributed by atoms with Crippen molar-refractivity contribution in [2.45, 2.75) is 19.3 Å². The van der Waals surface area contributed by atoms with Crippen molar-refractivity contribution < 1.29 is 14.0 Å². The Morgan fingerprint density at radius 2 is 2.08 bits per heavy atom. The predicted molar refractivity (Wildman–Crippen MR) is 91.5 cm³/mol. The van der Waals surface area contributed by atoms with Gasteiger partial charge in [0.05, 0.1) is 0 Å². The highest BCUT2D eigenvalue weighted by Crippen LogP contribution is 2.13. The average Bonchev–Trinajstić information content (AvgIpc) is 2.59. The molecular formula is C18H17FN4O2. The van der Waals surface area contributed by atoms with Gasteiger partial charge in [0, 0.05) is 26.1 Å². The fourth-order valence-electron chi connectivity index (χ4n) is 2.51. The standard InChI is InChI=1S/C18H17FN4O2/c1-23-17(24)8-6-15(22-23)18(25)21-16-7-5-13(11-20-16)9-12-3-2-4-14(19)10-12/h2-5,7,10-11H,6,8-9H2,1H3,(H,20,21,25). The van der Waals surface area contributed by atoms with Gasteiger partial charge in [-0.05, 0) is 35.7 Å². The van der Waals surface area contributed by atoms with Crippen LogP contribution in [0.15, 0.2) is 47.7 Å². The lowest BCUT2D eigenvalue weighted by Crippen LogP contribution is -2.34. The summed E-state index contributed by atoms with van der Waals surface area (Å²) in [6.07, 6.45) is 2.77. The van der Waals surface area contributed by atoms with Gasteiger partial charge in [-0.15, -0.1) is 0 Å². The van der Waals surface area contributed by atoms with Crippen molar-refractivity contribution in [3.63, 3.8) is 0 Å². The molecule has 6 nitrogen and oxygen atoms in total. The molecule has 1 aromatic carbocycles. The lowest BCUT2D eigenvalue weighted by Gasteiger charge is -2.18. The van der Waals surface area contributed by atoms with Crippen LogP contribution in [0.5, 0.6) is 0 Å². The first-order valence-electron chi connectivity index (χ1n) is 7.86. The summed E-state index contributed by atoms with van der Waals surface area (Å²) in [6.45, 7) is 0. The van der Waals surface area contributed by atoms with Gasteiger partial charge in [-0.3, -0.25) is 9.59 Å². The Labute approximate surface area is 144 Å². The first-order chi connectivity index (χ1) is 12.0. The van der Waals surface area contributed by atoms with E-state index >= 15 is 0 Å². The topological polar surface area (TPSA) is 74.7 Å². The second-order valence-corrected chi connectivity index (χ2v) is 5.78. The highest BCUT2D eigenvalue weighted by molar-refractivity contribution is 6.43. The molecule has 0 radical (unpaired) electrons. The highest BCUT2D eigenvalue weighted by atomic mass is 19.1. The summed E-state index contributed by atoms with van der Waals surface area (Å²) < 4.78 is 13.2. The SMILES string of the molecule is CN1N=C(C(=O)Nc2ccc(Cc3cccc(F)c3)cn2)CCC1=O. The lowest BCUT2D eigenvalue weighted by molar-refractivity contribution is -0.130. The summed E-state index contributed by atoms with van der Waals surface area (Å²) in [5.74, 6) is -0.359. The van der Waals surface area contributed by atoms with E-state index in [0.29, 0.717) is 24.4 Å². The van der Waals surface area contributed by atoms with E-state index in [-0.39, 0.29) is 24.1 Å². The minimum absolute atomic E-state index is 0.114. The molecule has 2 amide bonds. The number of carbonyl (C=O) groups is 2. The summed E-state index contributed by atoms with van der Waals surface area (Å²) in [4.78, 5) is 27.8. The summed E-state index contributed by atoms with van der Waals surface area (Å²) >= 11 is 0. The third-order valence-corrected chi connectivity index (χ3v) is 3.83. The number of amides is 2. The molecule has 0 spiro atoms. The number of nitrogens with one attached hydrogen (secondary N) is 1. The summed E-state index contributed by atoms with van der Waals surface area (Å²) in [7, 11) is 1.52. The van der Waals surface area contributed by atoms with Gasteiger partial charge in [-0.2, -0.15) is 5.10 Å². The van der Waals surface area contributed by atoms with E-state index in [9.17, 15) is 14.0 Å². The average molecular weight is 340 g/mol. The quantitative estimate of drug-likeness (QED) is 0.928. The molecule has 0 saturated carbocycles. The van der Waals surface area contributed by atoms with Crippen LogP contribution in [0.25, 0.3) is 0 Å². The van der Waals surface area contributed by atoms with E-state index in [1.807, 2.05) is 12.1 Å². The monoisotopic (exact) mass is 340 g/mol. The number of rotatable bonds is 4. The summed E-state index contributed by atoms with van der Waals surface area (Å²) in [5, 5.41) is 7.81.